The van der Waals surface area contributed by atoms with Crippen molar-refractivity contribution in [2.75, 3.05) is 27.2 Å². The summed E-state index contributed by atoms with van der Waals surface area (Å²) >= 11 is 0. The summed E-state index contributed by atoms with van der Waals surface area (Å²) < 4.78 is 0. The van der Waals surface area contributed by atoms with Crippen LogP contribution < -0.4 is 10.6 Å². The van der Waals surface area contributed by atoms with Crippen molar-refractivity contribution in [3.8, 4) is 0 Å². The lowest BCUT2D eigenvalue weighted by molar-refractivity contribution is -0.124. The van der Waals surface area contributed by atoms with E-state index in [1.165, 1.54) is 38.5 Å². The van der Waals surface area contributed by atoms with E-state index in [-0.39, 0.29) is 17.5 Å². The minimum atomic E-state index is 0.0315. The molecule has 0 aromatic carbocycles. The van der Waals surface area contributed by atoms with Crippen LogP contribution in [0.4, 0.5) is 0 Å². The Balaban J connectivity index is 1.90. The van der Waals surface area contributed by atoms with Crippen LogP contribution in [0.15, 0.2) is 0 Å². The second kappa shape index (κ2) is 6.90. The van der Waals surface area contributed by atoms with Crippen LogP contribution in [0.2, 0.25) is 0 Å². The average Bonchev–Trinajstić information content (AvgIpc) is 2.45. The van der Waals surface area contributed by atoms with E-state index in [0.717, 1.165) is 25.4 Å². The molecule has 1 heterocycles. The number of rotatable bonds is 4. The average molecular weight is 281 g/mol. The Bertz CT molecular complexity index is 326. The number of piperidine rings is 1. The van der Waals surface area contributed by atoms with Gasteiger partial charge in [0.2, 0.25) is 5.91 Å². The van der Waals surface area contributed by atoms with Crippen molar-refractivity contribution in [3.05, 3.63) is 0 Å². The van der Waals surface area contributed by atoms with E-state index in [2.05, 4.69) is 36.6 Å². The maximum atomic E-state index is 12.3. The molecular weight excluding hydrogens is 250 g/mol. The van der Waals surface area contributed by atoms with Crippen molar-refractivity contribution in [1.82, 2.24) is 15.5 Å². The first-order valence-electron chi connectivity index (χ1n) is 8.22. The molecule has 4 heteroatoms. The highest BCUT2D eigenvalue weighted by atomic mass is 16.2. The molecular formula is C16H31N3O. The Hall–Kier alpha value is -0.610. The van der Waals surface area contributed by atoms with Gasteiger partial charge in [-0.25, -0.2) is 0 Å². The summed E-state index contributed by atoms with van der Waals surface area (Å²) in [6.45, 7) is 4.11. The largest absolute Gasteiger partial charge is 0.353 e. The van der Waals surface area contributed by atoms with Gasteiger partial charge in [-0.2, -0.15) is 0 Å². The Morgan fingerprint density at radius 3 is 2.70 bits per heavy atom. The number of hydrogen-bond donors (Lipinski definition) is 2. The normalized spacial score (nSPS) is 35.0. The van der Waals surface area contributed by atoms with Crippen LogP contribution in [0, 0.1) is 5.92 Å². The fourth-order valence-corrected chi connectivity index (χ4v) is 3.81. The quantitative estimate of drug-likeness (QED) is 0.825. The molecule has 0 aromatic heterocycles. The summed E-state index contributed by atoms with van der Waals surface area (Å²) in [6, 6.07) is 0.0315. The molecule has 2 aliphatic rings. The zero-order valence-electron chi connectivity index (χ0n) is 13.4. The highest BCUT2D eigenvalue weighted by molar-refractivity contribution is 5.81. The molecule has 0 bridgehead atoms. The molecule has 1 aliphatic heterocycles. The number of carbonyl (C=O) groups excluding carboxylic acids is 1. The number of nitrogens with zero attached hydrogens (tertiary/aromatic N) is 1. The number of hydrogen-bond acceptors (Lipinski definition) is 3. The molecule has 3 unspecified atom stereocenters. The maximum absolute atomic E-state index is 12.3. The van der Waals surface area contributed by atoms with Crippen molar-refractivity contribution in [3.63, 3.8) is 0 Å². The standard InChI is InChI=1S/C16H31N3O/c1-13-7-6-9-16(11-13,19(2)3)12-18-15(20)14-8-4-5-10-17-14/h13-14,17H,4-12H2,1-3H3,(H,18,20). The SMILES string of the molecule is CC1CCCC(CNC(=O)C2CCCCN2)(N(C)C)C1. The second-order valence-corrected chi connectivity index (χ2v) is 7.04. The lowest BCUT2D eigenvalue weighted by Gasteiger charge is -2.45. The van der Waals surface area contributed by atoms with Crippen LogP contribution in [0.5, 0.6) is 0 Å². The van der Waals surface area contributed by atoms with Gasteiger partial charge in [-0.3, -0.25) is 4.79 Å². The van der Waals surface area contributed by atoms with E-state index in [1.807, 2.05) is 0 Å². The minimum absolute atomic E-state index is 0.0315. The van der Waals surface area contributed by atoms with E-state index < -0.39 is 0 Å². The molecule has 116 valence electrons. The molecule has 4 nitrogen and oxygen atoms in total. The predicted molar refractivity (Wildman–Crippen MR) is 82.7 cm³/mol. The van der Waals surface area contributed by atoms with Gasteiger partial charge >= 0.3 is 0 Å². The summed E-state index contributed by atoms with van der Waals surface area (Å²) in [6.07, 6.45) is 8.34. The van der Waals surface area contributed by atoms with Gasteiger partial charge in [0.05, 0.1) is 6.04 Å². The van der Waals surface area contributed by atoms with Crippen molar-refractivity contribution in [1.29, 1.82) is 0 Å². The van der Waals surface area contributed by atoms with Gasteiger partial charge in [0.25, 0.3) is 0 Å². The zero-order chi connectivity index (χ0) is 14.6. The Labute approximate surface area is 123 Å². The van der Waals surface area contributed by atoms with Crippen LogP contribution in [-0.4, -0.2) is 49.6 Å². The van der Waals surface area contributed by atoms with Gasteiger partial charge in [-0.1, -0.05) is 26.2 Å². The maximum Gasteiger partial charge on any atom is 0.237 e. The van der Waals surface area contributed by atoms with Gasteiger partial charge in [0.15, 0.2) is 0 Å². The summed E-state index contributed by atoms with van der Waals surface area (Å²) in [5, 5.41) is 6.55. The van der Waals surface area contributed by atoms with Crippen molar-refractivity contribution >= 4 is 5.91 Å². The van der Waals surface area contributed by atoms with Crippen molar-refractivity contribution in [2.24, 2.45) is 5.92 Å². The highest BCUT2D eigenvalue weighted by Crippen LogP contribution is 2.35. The Morgan fingerprint density at radius 1 is 1.30 bits per heavy atom. The van der Waals surface area contributed by atoms with Gasteiger partial charge in [0, 0.05) is 12.1 Å². The molecule has 1 saturated heterocycles. The fraction of sp³-hybridized carbons (Fsp3) is 0.938. The molecule has 0 spiro atoms. The first kappa shape index (κ1) is 15.8. The monoisotopic (exact) mass is 281 g/mol. The third-order valence-electron chi connectivity index (χ3n) is 5.23. The molecule has 2 N–H and O–H groups in total. The van der Waals surface area contributed by atoms with Crippen LogP contribution in [0.25, 0.3) is 0 Å². The second-order valence-electron chi connectivity index (χ2n) is 7.04. The molecule has 2 fully saturated rings. The van der Waals surface area contributed by atoms with Gasteiger partial charge in [-0.05, 0) is 52.2 Å². The van der Waals surface area contributed by atoms with Crippen LogP contribution >= 0.6 is 0 Å². The van der Waals surface area contributed by atoms with Crippen molar-refractivity contribution in [2.45, 2.75) is 63.5 Å². The van der Waals surface area contributed by atoms with E-state index >= 15 is 0 Å². The molecule has 3 atom stereocenters. The summed E-state index contributed by atoms with van der Waals surface area (Å²) in [7, 11) is 4.31. The molecule has 0 radical (unpaired) electrons. The number of amides is 1. The van der Waals surface area contributed by atoms with Crippen LogP contribution in [0.3, 0.4) is 0 Å². The third kappa shape index (κ3) is 3.73. The predicted octanol–water partition coefficient (Wildman–Crippen LogP) is 1.76. The van der Waals surface area contributed by atoms with Gasteiger partial charge in [-0.15, -0.1) is 0 Å². The lowest BCUT2D eigenvalue weighted by atomic mass is 9.75. The summed E-state index contributed by atoms with van der Waals surface area (Å²) in [5.74, 6) is 0.958. The van der Waals surface area contributed by atoms with E-state index in [9.17, 15) is 4.79 Å². The fourth-order valence-electron chi connectivity index (χ4n) is 3.81. The molecule has 1 amide bonds. The Morgan fingerprint density at radius 2 is 2.10 bits per heavy atom. The lowest BCUT2D eigenvalue weighted by Crippen LogP contribution is -2.57. The van der Waals surface area contributed by atoms with E-state index in [4.69, 9.17) is 0 Å². The number of likely N-dealkylation sites (N-methyl/N-ethyl adjacent to an activating group) is 1. The topological polar surface area (TPSA) is 44.4 Å². The zero-order valence-corrected chi connectivity index (χ0v) is 13.4. The van der Waals surface area contributed by atoms with Crippen molar-refractivity contribution < 1.29 is 4.79 Å². The molecule has 1 saturated carbocycles. The highest BCUT2D eigenvalue weighted by Gasteiger charge is 2.37. The number of carbonyl (C=O) groups is 1. The molecule has 1 aliphatic carbocycles. The molecule has 2 rings (SSSR count). The van der Waals surface area contributed by atoms with E-state index in [1.54, 1.807) is 0 Å². The van der Waals surface area contributed by atoms with Crippen LogP contribution in [0.1, 0.15) is 51.9 Å². The first-order chi connectivity index (χ1) is 9.53. The Kier molecular flexibility index (Phi) is 5.44. The van der Waals surface area contributed by atoms with E-state index in [0.29, 0.717) is 0 Å². The third-order valence-corrected chi connectivity index (χ3v) is 5.23. The van der Waals surface area contributed by atoms with Crippen LogP contribution in [-0.2, 0) is 4.79 Å². The smallest absolute Gasteiger partial charge is 0.237 e. The van der Waals surface area contributed by atoms with Gasteiger partial charge in [0.1, 0.15) is 0 Å². The first-order valence-corrected chi connectivity index (χ1v) is 8.22. The molecule has 0 aromatic rings. The van der Waals surface area contributed by atoms with Gasteiger partial charge < -0.3 is 15.5 Å². The minimum Gasteiger partial charge on any atom is -0.353 e. The molecule has 20 heavy (non-hydrogen) atoms. The summed E-state index contributed by atoms with van der Waals surface area (Å²) in [5.41, 5.74) is 0.155. The summed E-state index contributed by atoms with van der Waals surface area (Å²) in [4.78, 5) is 14.6. The number of nitrogens with one attached hydrogen (secondary N) is 2.